The Kier molecular flexibility index (Phi) is 4.06. The molecule has 4 rings (SSSR count). The number of rotatable bonds is 3. The zero-order valence-corrected chi connectivity index (χ0v) is 15.9. The average molecular weight is 347 g/mol. The van der Waals surface area contributed by atoms with Crippen LogP contribution < -0.4 is 4.90 Å². The van der Waals surface area contributed by atoms with E-state index in [1.807, 2.05) is 11.0 Å². The normalized spacial score (nSPS) is 17.7. The molecule has 2 aromatic carbocycles. The molecule has 0 bridgehead atoms. The topological polar surface area (TPSA) is 38.1 Å². The lowest BCUT2D eigenvalue weighted by molar-refractivity contribution is -0.117. The number of imidazole rings is 1. The quantitative estimate of drug-likeness (QED) is 0.685. The van der Waals surface area contributed by atoms with Crippen molar-refractivity contribution in [1.29, 1.82) is 0 Å². The number of anilines is 1. The molecule has 4 heteroatoms. The molecule has 1 aromatic heterocycles. The van der Waals surface area contributed by atoms with Gasteiger partial charge in [-0.3, -0.25) is 4.79 Å². The molecule has 1 aliphatic rings. The third-order valence-electron chi connectivity index (χ3n) is 5.29. The molecule has 0 saturated carbocycles. The van der Waals surface area contributed by atoms with Crippen LogP contribution in [0.1, 0.15) is 49.2 Å². The van der Waals surface area contributed by atoms with E-state index in [0.717, 1.165) is 28.1 Å². The number of aryl methyl sites for hydroxylation is 2. The van der Waals surface area contributed by atoms with Gasteiger partial charge in [-0.25, -0.2) is 4.98 Å². The Labute approximate surface area is 154 Å². The summed E-state index contributed by atoms with van der Waals surface area (Å²) < 4.78 is 2.29. The molecule has 26 heavy (non-hydrogen) atoms. The lowest BCUT2D eigenvalue weighted by Crippen LogP contribution is -2.25. The highest BCUT2D eigenvalue weighted by Crippen LogP contribution is 2.35. The van der Waals surface area contributed by atoms with Crippen molar-refractivity contribution in [2.24, 2.45) is 0 Å². The highest BCUT2D eigenvalue weighted by atomic mass is 16.2. The summed E-state index contributed by atoms with van der Waals surface area (Å²) >= 11 is 0. The molecule has 0 aliphatic carbocycles. The maximum Gasteiger partial charge on any atom is 0.227 e. The van der Waals surface area contributed by atoms with Gasteiger partial charge in [0.1, 0.15) is 5.82 Å². The van der Waals surface area contributed by atoms with Gasteiger partial charge in [-0.15, -0.1) is 0 Å². The highest BCUT2D eigenvalue weighted by Gasteiger charge is 2.35. The Morgan fingerprint density at radius 1 is 1.12 bits per heavy atom. The molecule has 1 atom stereocenters. The van der Waals surface area contributed by atoms with E-state index in [1.54, 1.807) is 0 Å². The summed E-state index contributed by atoms with van der Waals surface area (Å²) in [5.41, 5.74) is 5.51. The second kappa shape index (κ2) is 6.27. The van der Waals surface area contributed by atoms with Crippen molar-refractivity contribution in [2.75, 3.05) is 11.4 Å². The van der Waals surface area contributed by atoms with Gasteiger partial charge in [0, 0.05) is 30.6 Å². The minimum atomic E-state index is 0.122. The number of amides is 1. The van der Waals surface area contributed by atoms with E-state index in [4.69, 9.17) is 4.98 Å². The fourth-order valence-corrected chi connectivity index (χ4v) is 4.02. The molecule has 1 fully saturated rings. The molecule has 3 aromatic rings. The number of carbonyl (C=O) groups excluding carboxylic acids is 1. The van der Waals surface area contributed by atoms with Gasteiger partial charge in [0.05, 0.1) is 11.0 Å². The van der Waals surface area contributed by atoms with Crippen molar-refractivity contribution in [3.05, 3.63) is 59.4 Å². The van der Waals surface area contributed by atoms with Crippen LogP contribution in [0.4, 0.5) is 5.69 Å². The Hall–Kier alpha value is -2.62. The van der Waals surface area contributed by atoms with E-state index in [-0.39, 0.29) is 11.8 Å². The first-order valence-corrected chi connectivity index (χ1v) is 9.30. The van der Waals surface area contributed by atoms with Crippen LogP contribution in [0.25, 0.3) is 11.0 Å². The first kappa shape index (κ1) is 16.8. The number of para-hydroxylation sites is 2. The van der Waals surface area contributed by atoms with Gasteiger partial charge in [0.15, 0.2) is 0 Å². The van der Waals surface area contributed by atoms with Crippen LogP contribution in [0.2, 0.25) is 0 Å². The second-order valence-electron chi connectivity index (χ2n) is 7.62. The molecule has 1 aliphatic heterocycles. The van der Waals surface area contributed by atoms with Crippen LogP contribution in [0.3, 0.4) is 0 Å². The number of carbonyl (C=O) groups is 1. The Morgan fingerprint density at radius 2 is 1.88 bits per heavy atom. The molecular weight excluding hydrogens is 322 g/mol. The van der Waals surface area contributed by atoms with Crippen molar-refractivity contribution in [3.8, 4) is 0 Å². The van der Waals surface area contributed by atoms with E-state index in [9.17, 15) is 4.79 Å². The number of benzene rings is 2. The number of aromatic nitrogens is 2. The van der Waals surface area contributed by atoms with E-state index >= 15 is 0 Å². The summed E-state index contributed by atoms with van der Waals surface area (Å²) in [7, 11) is 0. The van der Waals surface area contributed by atoms with Crippen LogP contribution in [0.5, 0.6) is 0 Å². The molecule has 0 N–H and O–H groups in total. The monoisotopic (exact) mass is 347 g/mol. The third-order valence-corrected chi connectivity index (χ3v) is 5.29. The molecular formula is C22H25N3O. The van der Waals surface area contributed by atoms with E-state index in [0.29, 0.717) is 19.0 Å². The van der Waals surface area contributed by atoms with Crippen molar-refractivity contribution in [1.82, 2.24) is 9.55 Å². The number of fused-ring (bicyclic) bond motifs is 1. The van der Waals surface area contributed by atoms with Crippen LogP contribution >= 0.6 is 0 Å². The number of nitrogens with zero attached hydrogens (tertiary/aromatic N) is 3. The van der Waals surface area contributed by atoms with Gasteiger partial charge < -0.3 is 9.47 Å². The van der Waals surface area contributed by atoms with Gasteiger partial charge in [-0.1, -0.05) is 24.3 Å². The summed E-state index contributed by atoms with van der Waals surface area (Å²) in [6.07, 6.45) is 0.517. The molecule has 2 heterocycles. The molecule has 0 unspecified atom stereocenters. The first-order chi connectivity index (χ1) is 12.5. The van der Waals surface area contributed by atoms with Gasteiger partial charge in [-0.2, -0.15) is 0 Å². The van der Waals surface area contributed by atoms with Crippen LogP contribution in [-0.2, 0) is 4.79 Å². The lowest BCUT2D eigenvalue weighted by atomic mass is 10.1. The Balaban J connectivity index is 1.75. The summed E-state index contributed by atoms with van der Waals surface area (Å²) in [6, 6.07) is 14.8. The minimum Gasteiger partial charge on any atom is -0.325 e. The predicted molar refractivity (Wildman–Crippen MR) is 106 cm³/mol. The van der Waals surface area contributed by atoms with Gasteiger partial charge in [-0.05, 0) is 57.0 Å². The summed E-state index contributed by atoms with van der Waals surface area (Å²) in [6.45, 7) is 9.19. The number of hydrogen-bond donors (Lipinski definition) is 0. The largest absolute Gasteiger partial charge is 0.325 e. The fraction of sp³-hybridized carbons (Fsp3) is 0.364. The Morgan fingerprint density at radius 3 is 2.65 bits per heavy atom. The maximum absolute atomic E-state index is 12.8. The van der Waals surface area contributed by atoms with E-state index in [2.05, 4.69) is 68.7 Å². The van der Waals surface area contributed by atoms with Crippen molar-refractivity contribution < 1.29 is 4.79 Å². The SMILES string of the molecule is Cc1ccc(C)c(N2C[C@H](c3nc4ccccc4n3C(C)C)CC2=O)c1. The molecule has 1 saturated heterocycles. The standard InChI is InChI=1S/C22H25N3O/c1-14(2)25-19-8-6-5-7-18(19)23-22(25)17-12-21(26)24(13-17)20-11-15(3)9-10-16(20)4/h5-11,14,17H,12-13H2,1-4H3/t17-/m1/s1. The van der Waals surface area contributed by atoms with Gasteiger partial charge in [0.2, 0.25) is 5.91 Å². The first-order valence-electron chi connectivity index (χ1n) is 9.30. The minimum absolute atomic E-state index is 0.122. The van der Waals surface area contributed by atoms with Gasteiger partial charge in [0.25, 0.3) is 0 Å². The smallest absolute Gasteiger partial charge is 0.227 e. The molecule has 4 nitrogen and oxygen atoms in total. The molecule has 1 amide bonds. The summed E-state index contributed by atoms with van der Waals surface area (Å²) in [5, 5.41) is 0. The number of hydrogen-bond acceptors (Lipinski definition) is 2. The summed E-state index contributed by atoms with van der Waals surface area (Å²) in [5.74, 6) is 1.34. The predicted octanol–water partition coefficient (Wildman–Crippen LogP) is 4.75. The second-order valence-corrected chi connectivity index (χ2v) is 7.62. The zero-order chi connectivity index (χ0) is 18.4. The third kappa shape index (κ3) is 2.70. The maximum atomic E-state index is 12.8. The van der Waals surface area contributed by atoms with Crippen LogP contribution in [0.15, 0.2) is 42.5 Å². The van der Waals surface area contributed by atoms with Crippen molar-refractivity contribution in [2.45, 2.75) is 46.1 Å². The van der Waals surface area contributed by atoms with Crippen LogP contribution in [0, 0.1) is 13.8 Å². The molecule has 0 radical (unpaired) electrons. The van der Waals surface area contributed by atoms with Crippen LogP contribution in [-0.4, -0.2) is 22.0 Å². The molecule has 134 valence electrons. The zero-order valence-electron chi connectivity index (χ0n) is 15.9. The highest BCUT2D eigenvalue weighted by molar-refractivity contribution is 5.97. The lowest BCUT2D eigenvalue weighted by Gasteiger charge is -2.20. The Bertz CT molecular complexity index is 986. The van der Waals surface area contributed by atoms with E-state index in [1.165, 1.54) is 5.56 Å². The average Bonchev–Trinajstić information content (AvgIpc) is 3.17. The molecule has 0 spiro atoms. The summed E-state index contributed by atoms with van der Waals surface area (Å²) in [4.78, 5) is 19.7. The van der Waals surface area contributed by atoms with Gasteiger partial charge >= 0.3 is 0 Å². The fourth-order valence-electron chi connectivity index (χ4n) is 4.02. The van der Waals surface area contributed by atoms with E-state index < -0.39 is 0 Å². The van der Waals surface area contributed by atoms with Crippen molar-refractivity contribution >= 4 is 22.6 Å². The van der Waals surface area contributed by atoms with Crippen molar-refractivity contribution in [3.63, 3.8) is 0 Å².